The average molecular weight is 558 g/mol. The second-order valence-corrected chi connectivity index (χ2v) is 9.92. The maximum absolute atomic E-state index is 13.9. The van der Waals surface area contributed by atoms with Gasteiger partial charge in [-0.05, 0) is 66.4 Å². The molecule has 1 aromatic heterocycles. The number of ether oxygens (including phenoxy) is 3. The molecule has 3 aromatic carbocycles. The Morgan fingerprint density at radius 3 is 2.29 bits per heavy atom. The van der Waals surface area contributed by atoms with E-state index in [4.69, 9.17) is 14.2 Å². The normalized spacial score (nSPS) is 10.8. The van der Waals surface area contributed by atoms with Crippen LogP contribution in [0.2, 0.25) is 0 Å². The van der Waals surface area contributed by atoms with E-state index in [9.17, 15) is 9.59 Å². The molecular weight excluding hydrogens is 518 g/mol. The van der Waals surface area contributed by atoms with Gasteiger partial charge in [-0.25, -0.2) is 0 Å². The van der Waals surface area contributed by atoms with Crippen molar-refractivity contribution in [1.82, 2.24) is 14.8 Å². The van der Waals surface area contributed by atoms with Crippen molar-refractivity contribution in [3.8, 4) is 17.2 Å². The van der Waals surface area contributed by atoms with E-state index in [1.807, 2.05) is 47.5 Å². The molecule has 0 aliphatic heterocycles. The number of H-pyrrole nitrogens is 1. The Hall–Kier alpha value is -4.46. The molecule has 0 saturated carbocycles. The molecule has 0 aliphatic rings. The average Bonchev–Trinajstić information content (AvgIpc) is 3.43. The number of carbonyl (C=O) groups excluding carboxylic acids is 2. The highest BCUT2D eigenvalue weighted by atomic mass is 16.5. The van der Waals surface area contributed by atoms with E-state index < -0.39 is 0 Å². The largest absolute Gasteiger partial charge is 0.497 e. The number of hydrogen-bond donors (Lipinski definition) is 1. The van der Waals surface area contributed by atoms with Gasteiger partial charge in [0.2, 0.25) is 5.91 Å². The summed E-state index contributed by atoms with van der Waals surface area (Å²) in [5.41, 5.74) is 3.65. The molecule has 0 unspecified atom stereocenters. The van der Waals surface area contributed by atoms with Crippen LogP contribution in [0.5, 0.6) is 17.2 Å². The van der Waals surface area contributed by atoms with Gasteiger partial charge in [0.1, 0.15) is 12.3 Å². The summed E-state index contributed by atoms with van der Waals surface area (Å²) in [6.45, 7) is 3.43. The third kappa shape index (κ3) is 7.39. The first-order valence-corrected chi connectivity index (χ1v) is 13.9. The maximum Gasteiger partial charge on any atom is 0.254 e. The molecule has 4 rings (SSSR count). The maximum atomic E-state index is 13.9. The van der Waals surface area contributed by atoms with Crippen molar-refractivity contribution in [1.29, 1.82) is 0 Å². The Morgan fingerprint density at radius 1 is 0.829 bits per heavy atom. The van der Waals surface area contributed by atoms with Gasteiger partial charge >= 0.3 is 0 Å². The minimum Gasteiger partial charge on any atom is -0.497 e. The van der Waals surface area contributed by atoms with Crippen LogP contribution < -0.4 is 14.2 Å². The van der Waals surface area contributed by atoms with Crippen LogP contribution in [0, 0.1) is 0 Å². The fourth-order valence-electron chi connectivity index (χ4n) is 4.87. The number of para-hydroxylation sites is 1. The van der Waals surface area contributed by atoms with Crippen molar-refractivity contribution in [2.24, 2.45) is 0 Å². The SMILES string of the molecule is CCCCN(CC(=O)N(CCc1c[nH]c2ccccc12)Cc1ccc(OC)c(OC)c1)C(=O)c1ccc(OC)cc1. The van der Waals surface area contributed by atoms with E-state index in [0.29, 0.717) is 48.9 Å². The fraction of sp³-hybridized carbons (Fsp3) is 0.333. The van der Waals surface area contributed by atoms with Crippen LogP contribution in [0.25, 0.3) is 10.9 Å². The van der Waals surface area contributed by atoms with Gasteiger partial charge in [0.05, 0.1) is 21.3 Å². The molecule has 0 saturated heterocycles. The predicted octanol–water partition coefficient (Wildman–Crippen LogP) is 5.71. The lowest BCUT2D eigenvalue weighted by Gasteiger charge is -2.28. The fourth-order valence-corrected chi connectivity index (χ4v) is 4.87. The smallest absolute Gasteiger partial charge is 0.254 e. The molecule has 1 N–H and O–H groups in total. The number of nitrogens with zero attached hydrogens (tertiary/aromatic N) is 2. The first kappa shape index (κ1) is 29.5. The lowest BCUT2D eigenvalue weighted by molar-refractivity contribution is -0.132. The summed E-state index contributed by atoms with van der Waals surface area (Å²) in [6, 6.07) is 20.8. The first-order valence-electron chi connectivity index (χ1n) is 13.9. The highest BCUT2D eigenvalue weighted by Gasteiger charge is 2.23. The second-order valence-electron chi connectivity index (χ2n) is 9.92. The zero-order valence-corrected chi connectivity index (χ0v) is 24.3. The number of carbonyl (C=O) groups is 2. The van der Waals surface area contributed by atoms with Crippen LogP contribution in [0.3, 0.4) is 0 Å². The van der Waals surface area contributed by atoms with E-state index in [2.05, 4.69) is 18.0 Å². The number of unbranched alkanes of at least 4 members (excludes halogenated alkanes) is 1. The lowest BCUT2D eigenvalue weighted by Crippen LogP contribution is -2.43. The summed E-state index contributed by atoms with van der Waals surface area (Å²) in [4.78, 5) is 34.2. The molecule has 216 valence electrons. The number of benzene rings is 3. The number of amides is 2. The number of methoxy groups -OCH3 is 3. The van der Waals surface area contributed by atoms with Gasteiger partial charge in [-0.1, -0.05) is 37.6 Å². The molecule has 0 fully saturated rings. The van der Waals surface area contributed by atoms with Gasteiger partial charge in [-0.3, -0.25) is 9.59 Å². The summed E-state index contributed by atoms with van der Waals surface area (Å²) in [5.74, 6) is 1.63. The zero-order chi connectivity index (χ0) is 29.2. The molecule has 0 aliphatic carbocycles. The van der Waals surface area contributed by atoms with Crippen LogP contribution in [0.1, 0.15) is 41.3 Å². The van der Waals surface area contributed by atoms with E-state index in [0.717, 1.165) is 34.9 Å². The van der Waals surface area contributed by atoms with Gasteiger partial charge < -0.3 is 29.0 Å². The molecule has 2 amide bonds. The van der Waals surface area contributed by atoms with Crippen molar-refractivity contribution in [2.75, 3.05) is 41.0 Å². The quantitative estimate of drug-likeness (QED) is 0.215. The molecule has 41 heavy (non-hydrogen) atoms. The number of fused-ring (bicyclic) bond motifs is 1. The lowest BCUT2D eigenvalue weighted by atomic mass is 10.1. The standard InChI is InChI=1S/C33H39N3O5/c1-5-6-18-36(33(38)25-12-14-27(39-2)15-13-25)23-32(37)35(22-24-11-16-30(40-3)31(20-24)41-4)19-17-26-21-34-29-10-8-7-9-28(26)29/h7-16,20-21,34H,5-6,17-19,22-23H2,1-4H3. The topological polar surface area (TPSA) is 84.1 Å². The predicted molar refractivity (Wildman–Crippen MR) is 161 cm³/mol. The molecular formula is C33H39N3O5. The van der Waals surface area contributed by atoms with Gasteiger partial charge in [0.15, 0.2) is 11.5 Å². The number of nitrogens with one attached hydrogen (secondary N) is 1. The Kier molecular flexibility index (Phi) is 10.3. The van der Waals surface area contributed by atoms with Crippen LogP contribution >= 0.6 is 0 Å². The Balaban J connectivity index is 1.57. The Morgan fingerprint density at radius 2 is 1.59 bits per heavy atom. The number of aromatic nitrogens is 1. The number of hydrogen-bond acceptors (Lipinski definition) is 5. The van der Waals surface area contributed by atoms with Crippen molar-refractivity contribution < 1.29 is 23.8 Å². The molecule has 4 aromatic rings. The van der Waals surface area contributed by atoms with Crippen LogP contribution in [0.15, 0.2) is 72.9 Å². The first-order chi connectivity index (χ1) is 20.0. The summed E-state index contributed by atoms with van der Waals surface area (Å²) in [5, 5.41) is 1.14. The van der Waals surface area contributed by atoms with Crippen LogP contribution in [0.4, 0.5) is 0 Å². The molecule has 0 atom stereocenters. The molecule has 0 bridgehead atoms. The molecule has 0 spiro atoms. The molecule has 8 nitrogen and oxygen atoms in total. The second kappa shape index (κ2) is 14.3. The Bertz CT molecular complexity index is 1450. The third-order valence-corrected chi connectivity index (χ3v) is 7.23. The van der Waals surface area contributed by atoms with Gasteiger partial charge in [0, 0.05) is 42.3 Å². The molecule has 8 heteroatoms. The van der Waals surface area contributed by atoms with E-state index in [1.54, 1.807) is 50.5 Å². The monoisotopic (exact) mass is 557 g/mol. The van der Waals surface area contributed by atoms with Gasteiger partial charge in [0.25, 0.3) is 5.91 Å². The Labute approximate surface area is 241 Å². The summed E-state index contributed by atoms with van der Waals surface area (Å²) < 4.78 is 16.1. The summed E-state index contributed by atoms with van der Waals surface area (Å²) in [7, 11) is 4.78. The van der Waals surface area contributed by atoms with Crippen LogP contribution in [-0.2, 0) is 17.8 Å². The highest BCUT2D eigenvalue weighted by Crippen LogP contribution is 2.28. The van der Waals surface area contributed by atoms with Crippen molar-refractivity contribution >= 4 is 22.7 Å². The third-order valence-electron chi connectivity index (χ3n) is 7.23. The summed E-state index contributed by atoms with van der Waals surface area (Å²) in [6.07, 6.45) is 4.39. The zero-order valence-electron chi connectivity index (χ0n) is 24.3. The van der Waals surface area contributed by atoms with E-state index in [-0.39, 0.29) is 18.4 Å². The van der Waals surface area contributed by atoms with E-state index >= 15 is 0 Å². The molecule has 1 heterocycles. The highest BCUT2D eigenvalue weighted by molar-refractivity contribution is 5.96. The van der Waals surface area contributed by atoms with E-state index in [1.165, 1.54) is 0 Å². The molecule has 0 radical (unpaired) electrons. The van der Waals surface area contributed by atoms with Crippen molar-refractivity contribution in [2.45, 2.75) is 32.7 Å². The van der Waals surface area contributed by atoms with Crippen molar-refractivity contribution in [3.05, 3.63) is 89.6 Å². The summed E-state index contributed by atoms with van der Waals surface area (Å²) >= 11 is 0. The number of rotatable bonds is 14. The van der Waals surface area contributed by atoms with Crippen molar-refractivity contribution in [3.63, 3.8) is 0 Å². The minimum atomic E-state index is -0.169. The van der Waals surface area contributed by atoms with Crippen LogP contribution in [-0.4, -0.2) is 67.6 Å². The number of aromatic amines is 1. The van der Waals surface area contributed by atoms with Gasteiger partial charge in [-0.2, -0.15) is 0 Å². The minimum absolute atomic E-state index is 0.00790. The van der Waals surface area contributed by atoms with Gasteiger partial charge in [-0.15, -0.1) is 0 Å².